The van der Waals surface area contributed by atoms with Gasteiger partial charge in [0.15, 0.2) is 0 Å². The number of hydrogen-bond acceptors (Lipinski definition) is 3. The Labute approximate surface area is 132 Å². The standard InChI is InChI=1S/C16H16ClNO4/c1-8-11(7-13(19)20)15(10-5-3-4-6-12(10)17)14(16(21)22)9(2)18-8/h3-6,9,18H,7H2,1-2H3,(H,19,20)(H,21,22). The SMILES string of the molecule is CC1=C(CC(=O)O)C(c2ccccc2Cl)=C(C(=O)O)C(C)N1. The highest BCUT2D eigenvalue weighted by Gasteiger charge is 2.31. The molecule has 1 aromatic rings. The van der Waals surface area contributed by atoms with Gasteiger partial charge in [0, 0.05) is 21.9 Å². The highest BCUT2D eigenvalue weighted by Crippen LogP contribution is 2.38. The molecule has 1 aromatic carbocycles. The first-order valence-corrected chi connectivity index (χ1v) is 7.11. The van der Waals surface area contributed by atoms with E-state index < -0.39 is 18.0 Å². The number of aliphatic carboxylic acids is 2. The van der Waals surface area contributed by atoms with Gasteiger partial charge in [-0.1, -0.05) is 29.8 Å². The number of benzene rings is 1. The van der Waals surface area contributed by atoms with Crippen LogP contribution in [0.15, 0.2) is 41.1 Å². The van der Waals surface area contributed by atoms with E-state index in [0.717, 1.165) is 0 Å². The number of nitrogens with one attached hydrogen (secondary N) is 1. The summed E-state index contributed by atoms with van der Waals surface area (Å²) >= 11 is 6.21. The Bertz CT molecular complexity index is 706. The zero-order valence-corrected chi connectivity index (χ0v) is 12.9. The molecule has 0 radical (unpaired) electrons. The van der Waals surface area contributed by atoms with Gasteiger partial charge >= 0.3 is 11.9 Å². The molecule has 0 amide bonds. The molecule has 0 aromatic heterocycles. The van der Waals surface area contributed by atoms with E-state index in [1.54, 1.807) is 38.1 Å². The topological polar surface area (TPSA) is 86.6 Å². The van der Waals surface area contributed by atoms with E-state index in [-0.39, 0.29) is 12.0 Å². The molecule has 1 atom stereocenters. The summed E-state index contributed by atoms with van der Waals surface area (Å²) in [6.45, 7) is 3.46. The summed E-state index contributed by atoms with van der Waals surface area (Å²) in [5, 5.41) is 22.1. The number of carbonyl (C=O) groups is 2. The van der Waals surface area contributed by atoms with Crippen molar-refractivity contribution in [3.05, 3.63) is 51.7 Å². The number of carboxylic acids is 2. The highest BCUT2D eigenvalue weighted by molar-refractivity contribution is 6.33. The maximum absolute atomic E-state index is 11.7. The molecule has 0 aliphatic carbocycles. The van der Waals surface area contributed by atoms with Crippen LogP contribution in [0.25, 0.3) is 5.57 Å². The van der Waals surface area contributed by atoms with Crippen molar-refractivity contribution in [3.63, 3.8) is 0 Å². The van der Waals surface area contributed by atoms with Gasteiger partial charge in [-0.25, -0.2) is 4.79 Å². The third kappa shape index (κ3) is 2.99. The maximum Gasteiger partial charge on any atom is 0.334 e. The van der Waals surface area contributed by atoms with Gasteiger partial charge in [0.25, 0.3) is 0 Å². The average molecular weight is 322 g/mol. The lowest BCUT2D eigenvalue weighted by Gasteiger charge is -2.29. The molecular weight excluding hydrogens is 306 g/mol. The molecule has 116 valence electrons. The predicted octanol–water partition coefficient (Wildman–Crippen LogP) is 2.92. The van der Waals surface area contributed by atoms with Crippen LogP contribution in [0, 0.1) is 0 Å². The largest absolute Gasteiger partial charge is 0.481 e. The predicted molar refractivity (Wildman–Crippen MR) is 83.6 cm³/mol. The number of rotatable bonds is 4. The van der Waals surface area contributed by atoms with Gasteiger partial charge in [0.05, 0.1) is 18.0 Å². The van der Waals surface area contributed by atoms with Crippen molar-refractivity contribution >= 4 is 29.1 Å². The monoisotopic (exact) mass is 321 g/mol. The van der Waals surface area contributed by atoms with Crippen LogP contribution < -0.4 is 5.32 Å². The summed E-state index contributed by atoms with van der Waals surface area (Å²) in [5.74, 6) is -2.12. The van der Waals surface area contributed by atoms with E-state index >= 15 is 0 Å². The van der Waals surface area contributed by atoms with Crippen molar-refractivity contribution in [1.29, 1.82) is 0 Å². The first-order chi connectivity index (χ1) is 10.3. The zero-order chi connectivity index (χ0) is 16.4. The van der Waals surface area contributed by atoms with Crippen LogP contribution >= 0.6 is 11.6 Å². The minimum Gasteiger partial charge on any atom is -0.481 e. The molecule has 1 unspecified atom stereocenters. The summed E-state index contributed by atoms with van der Waals surface area (Å²) in [6.07, 6.45) is -0.275. The maximum atomic E-state index is 11.7. The molecule has 1 heterocycles. The lowest BCUT2D eigenvalue weighted by atomic mass is 9.84. The van der Waals surface area contributed by atoms with E-state index in [0.29, 0.717) is 27.4 Å². The van der Waals surface area contributed by atoms with Crippen molar-refractivity contribution in [2.75, 3.05) is 0 Å². The Kier molecular flexibility index (Phi) is 4.56. The third-order valence-electron chi connectivity index (χ3n) is 3.59. The number of hydrogen-bond donors (Lipinski definition) is 3. The second kappa shape index (κ2) is 6.23. The second-order valence-corrected chi connectivity index (χ2v) is 5.52. The molecule has 2 rings (SSSR count). The Morgan fingerprint density at radius 1 is 1.27 bits per heavy atom. The third-order valence-corrected chi connectivity index (χ3v) is 3.92. The van der Waals surface area contributed by atoms with Gasteiger partial charge in [-0.05, 0) is 25.5 Å². The molecular formula is C16H16ClNO4. The van der Waals surface area contributed by atoms with E-state index in [9.17, 15) is 14.7 Å². The first kappa shape index (κ1) is 16.1. The molecule has 22 heavy (non-hydrogen) atoms. The lowest BCUT2D eigenvalue weighted by molar-refractivity contribution is -0.136. The minimum atomic E-state index is -1.09. The van der Waals surface area contributed by atoms with E-state index in [4.69, 9.17) is 16.7 Å². The van der Waals surface area contributed by atoms with E-state index in [2.05, 4.69) is 5.32 Å². The van der Waals surface area contributed by atoms with Gasteiger partial charge in [0.2, 0.25) is 0 Å². The fourth-order valence-corrected chi connectivity index (χ4v) is 2.92. The molecule has 0 bridgehead atoms. The van der Waals surface area contributed by atoms with Crippen LogP contribution in [0.2, 0.25) is 5.02 Å². The van der Waals surface area contributed by atoms with Crippen LogP contribution in [-0.2, 0) is 9.59 Å². The van der Waals surface area contributed by atoms with Gasteiger partial charge in [-0.2, -0.15) is 0 Å². The molecule has 1 aliphatic rings. The highest BCUT2D eigenvalue weighted by atomic mass is 35.5. The van der Waals surface area contributed by atoms with Gasteiger partial charge in [-0.3, -0.25) is 4.79 Å². The normalized spacial score (nSPS) is 18.2. The van der Waals surface area contributed by atoms with Crippen LogP contribution in [0.1, 0.15) is 25.8 Å². The summed E-state index contributed by atoms with van der Waals surface area (Å²) in [7, 11) is 0. The molecule has 6 heteroatoms. The summed E-state index contributed by atoms with van der Waals surface area (Å²) in [5.41, 5.74) is 2.13. The fourth-order valence-electron chi connectivity index (χ4n) is 2.69. The van der Waals surface area contributed by atoms with Gasteiger partial charge in [-0.15, -0.1) is 0 Å². The number of dihydropyridines is 1. The Morgan fingerprint density at radius 2 is 1.91 bits per heavy atom. The van der Waals surface area contributed by atoms with Crippen molar-refractivity contribution in [1.82, 2.24) is 5.32 Å². The number of carboxylic acid groups (broad SMARTS) is 2. The van der Waals surface area contributed by atoms with Crippen LogP contribution in [-0.4, -0.2) is 28.2 Å². The molecule has 0 saturated carbocycles. The van der Waals surface area contributed by atoms with Crippen LogP contribution in [0.5, 0.6) is 0 Å². The summed E-state index contributed by atoms with van der Waals surface area (Å²) in [6, 6.07) is 6.40. The van der Waals surface area contributed by atoms with E-state index in [1.165, 1.54) is 0 Å². The second-order valence-electron chi connectivity index (χ2n) is 5.11. The zero-order valence-electron chi connectivity index (χ0n) is 12.2. The molecule has 0 spiro atoms. The molecule has 1 aliphatic heterocycles. The van der Waals surface area contributed by atoms with Gasteiger partial charge in [0.1, 0.15) is 0 Å². The van der Waals surface area contributed by atoms with Crippen LogP contribution in [0.3, 0.4) is 0 Å². The molecule has 0 fully saturated rings. The smallest absolute Gasteiger partial charge is 0.334 e. The van der Waals surface area contributed by atoms with Crippen LogP contribution in [0.4, 0.5) is 0 Å². The van der Waals surface area contributed by atoms with Crippen molar-refractivity contribution < 1.29 is 19.8 Å². The molecule has 3 N–H and O–H groups in total. The Hall–Kier alpha value is -2.27. The average Bonchev–Trinajstić information content (AvgIpc) is 2.41. The summed E-state index contributed by atoms with van der Waals surface area (Å²) < 4.78 is 0. The Balaban J connectivity index is 2.77. The number of allylic oxidation sites excluding steroid dienone is 2. The first-order valence-electron chi connectivity index (χ1n) is 6.73. The molecule has 0 saturated heterocycles. The quantitative estimate of drug-likeness (QED) is 0.793. The van der Waals surface area contributed by atoms with Crippen molar-refractivity contribution in [3.8, 4) is 0 Å². The fraction of sp³-hybridized carbons (Fsp3) is 0.250. The summed E-state index contributed by atoms with van der Waals surface area (Å²) in [4.78, 5) is 22.9. The number of halogens is 1. The van der Waals surface area contributed by atoms with Gasteiger partial charge < -0.3 is 15.5 Å². The van der Waals surface area contributed by atoms with E-state index in [1.807, 2.05) is 0 Å². The van der Waals surface area contributed by atoms with Crippen molar-refractivity contribution in [2.24, 2.45) is 0 Å². The molecule has 5 nitrogen and oxygen atoms in total. The lowest BCUT2D eigenvalue weighted by Crippen LogP contribution is -2.35. The van der Waals surface area contributed by atoms with Crippen molar-refractivity contribution in [2.45, 2.75) is 26.3 Å². The minimum absolute atomic E-state index is 0.120. The Morgan fingerprint density at radius 3 is 2.45 bits per heavy atom.